The summed E-state index contributed by atoms with van der Waals surface area (Å²) in [4.78, 5) is 11.8. The highest BCUT2D eigenvalue weighted by atomic mass is 32.1. The van der Waals surface area contributed by atoms with Gasteiger partial charge in [0.05, 0.1) is 17.7 Å². The lowest BCUT2D eigenvalue weighted by Gasteiger charge is -2.10. The zero-order valence-corrected chi connectivity index (χ0v) is 11.6. The third kappa shape index (κ3) is 3.67. The van der Waals surface area contributed by atoms with E-state index in [2.05, 4.69) is 5.32 Å². The van der Waals surface area contributed by atoms with Gasteiger partial charge in [-0.2, -0.15) is 16.6 Å². The Hall–Kier alpha value is -2.16. The summed E-state index contributed by atoms with van der Waals surface area (Å²) in [6, 6.07) is 10.3. The fourth-order valence-corrected chi connectivity index (χ4v) is 2.46. The van der Waals surface area contributed by atoms with Crippen molar-refractivity contribution in [3.05, 3.63) is 57.8 Å². The second-order valence-electron chi connectivity index (χ2n) is 4.31. The van der Waals surface area contributed by atoms with Crippen molar-refractivity contribution in [1.82, 2.24) is 5.32 Å². The van der Waals surface area contributed by atoms with E-state index in [1.807, 2.05) is 22.9 Å². The first-order chi connectivity index (χ1) is 9.70. The van der Waals surface area contributed by atoms with Gasteiger partial charge in [-0.15, -0.1) is 0 Å². The maximum Gasteiger partial charge on any atom is 0.251 e. The minimum atomic E-state index is -0.553. The fraction of sp³-hybridized carbons (Fsp3) is 0.200. The number of hydrogen-bond acceptors (Lipinski definition) is 4. The maximum absolute atomic E-state index is 11.8. The average Bonchev–Trinajstić information content (AvgIpc) is 3.01. The Bertz CT molecular complexity index is 600. The quantitative estimate of drug-likeness (QED) is 0.886. The summed E-state index contributed by atoms with van der Waals surface area (Å²) in [6.07, 6.45) is -0.0822. The monoisotopic (exact) mass is 286 g/mol. The first kappa shape index (κ1) is 14.3. The number of nitrogens with one attached hydrogen (secondary N) is 1. The number of nitrogens with zero attached hydrogens (tertiary/aromatic N) is 1. The summed E-state index contributed by atoms with van der Waals surface area (Å²) in [7, 11) is 0. The number of aliphatic hydroxyl groups excluding tert-OH is 1. The third-order valence-corrected chi connectivity index (χ3v) is 3.61. The second-order valence-corrected chi connectivity index (χ2v) is 5.09. The minimum Gasteiger partial charge on any atom is -0.388 e. The lowest BCUT2D eigenvalue weighted by atomic mass is 10.1. The number of aliphatic hydroxyl groups is 1. The van der Waals surface area contributed by atoms with Crippen molar-refractivity contribution in [2.24, 2.45) is 0 Å². The van der Waals surface area contributed by atoms with E-state index in [-0.39, 0.29) is 5.91 Å². The van der Waals surface area contributed by atoms with Crippen molar-refractivity contribution in [3.63, 3.8) is 0 Å². The molecule has 2 aromatic rings. The smallest absolute Gasteiger partial charge is 0.251 e. The molecule has 1 amide bonds. The zero-order valence-electron chi connectivity index (χ0n) is 10.7. The Morgan fingerprint density at radius 2 is 2.10 bits per heavy atom. The largest absolute Gasteiger partial charge is 0.388 e. The molecule has 2 rings (SSSR count). The molecular weight excluding hydrogens is 272 g/mol. The van der Waals surface area contributed by atoms with Crippen LogP contribution in [0.1, 0.15) is 34.0 Å². The number of amides is 1. The number of benzene rings is 1. The highest BCUT2D eigenvalue weighted by Crippen LogP contribution is 2.18. The molecule has 0 aliphatic heterocycles. The Balaban J connectivity index is 1.81. The van der Waals surface area contributed by atoms with E-state index >= 15 is 0 Å². The molecule has 0 unspecified atom stereocenters. The molecule has 1 atom stereocenters. The van der Waals surface area contributed by atoms with Gasteiger partial charge >= 0.3 is 0 Å². The summed E-state index contributed by atoms with van der Waals surface area (Å²) in [5.74, 6) is -0.202. The van der Waals surface area contributed by atoms with Crippen molar-refractivity contribution in [1.29, 1.82) is 5.26 Å². The van der Waals surface area contributed by atoms with Gasteiger partial charge in [-0.25, -0.2) is 0 Å². The van der Waals surface area contributed by atoms with E-state index in [0.717, 1.165) is 5.56 Å². The normalized spacial score (nSPS) is 11.6. The summed E-state index contributed by atoms with van der Waals surface area (Å²) in [6.45, 7) is 0.399. The molecule has 0 spiro atoms. The number of carbonyl (C=O) groups excluding carboxylic acids is 1. The van der Waals surface area contributed by atoms with Gasteiger partial charge in [0.1, 0.15) is 0 Å². The number of nitriles is 1. The van der Waals surface area contributed by atoms with Crippen molar-refractivity contribution in [2.45, 2.75) is 12.5 Å². The van der Waals surface area contributed by atoms with Crippen LogP contribution in [0, 0.1) is 11.3 Å². The predicted octanol–water partition coefficient (Wildman–Crippen LogP) is 2.47. The van der Waals surface area contributed by atoms with Crippen LogP contribution in [0.15, 0.2) is 41.1 Å². The Morgan fingerprint density at radius 1 is 1.35 bits per heavy atom. The lowest BCUT2D eigenvalue weighted by Crippen LogP contribution is -2.25. The molecule has 4 nitrogen and oxygen atoms in total. The molecule has 1 heterocycles. The number of carbonyl (C=O) groups is 1. The summed E-state index contributed by atoms with van der Waals surface area (Å²) < 4.78 is 0. The molecule has 0 aliphatic rings. The van der Waals surface area contributed by atoms with Crippen LogP contribution in [-0.4, -0.2) is 17.6 Å². The van der Waals surface area contributed by atoms with Gasteiger partial charge in [0.2, 0.25) is 0 Å². The fourth-order valence-electron chi connectivity index (χ4n) is 1.75. The van der Waals surface area contributed by atoms with Gasteiger partial charge in [-0.05, 0) is 53.1 Å². The van der Waals surface area contributed by atoms with Crippen LogP contribution >= 0.6 is 11.3 Å². The molecule has 0 bridgehead atoms. The highest BCUT2D eigenvalue weighted by Gasteiger charge is 2.09. The van der Waals surface area contributed by atoms with Crippen molar-refractivity contribution >= 4 is 17.2 Å². The van der Waals surface area contributed by atoms with Crippen molar-refractivity contribution in [2.75, 3.05) is 6.54 Å². The summed E-state index contributed by atoms with van der Waals surface area (Å²) >= 11 is 1.53. The molecule has 2 N–H and O–H groups in total. The molecule has 0 radical (unpaired) electrons. The van der Waals surface area contributed by atoms with E-state index in [1.165, 1.54) is 11.3 Å². The van der Waals surface area contributed by atoms with E-state index in [0.29, 0.717) is 24.1 Å². The third-order valence-electron chi connectivity index (χ3n) is 2.91. The van der Waals surface area contributed by atoms with Crippen LogP contribution in [-0.2, 0) is 0 Å². The minimum absolute atomic E-state index is 0.202. The average molecular weight is 286 g/mol. The van der Waals surface area contributed by atoms with E-state index in [9.17, 15) is 9.90 Å². The van der Waals surface area contributed by atoms with Gasteiger partial charge < -0.3 is 10.4 Å². The van der Waals surface area contributed by atoms with Crippen LogP contribution in [0.2, 0.25) is 0 Å². The Labute approximate surface area is 121 Å². The standard InChI is InChI=1S/C15H14N2O2S/c16-9-11-1-3-12(4-2-11)15(19)17-7-5-14(18)13-6-8-20-10-13/h1-4,6,8,10,14,18H,5,7H2,(H,17,19)/t14-/m0/s1. The molecule has 20 heavy (non-hydrogen) atoms. The number of hydrogen-bond donors (Lipinski definition) is 2. The molecule has 102 valence electrons. The summed E-state index contributed by atoms with van der Waals surface area (Å²) in [5.41, 5.74) is 1.91. The van der Waals surface area contributed by atoms with E-state index in [4.69, 9.17) is 5.26 Å². The topological polar surface area (TPSA) is 73.1 Å². The molecule has 1 aromatic carbocycles. The Kier molecular flexibility index (Phi) is 4.88. The number of thiophene rings is 1. The molecule has 5 heteroatoms. The number of rotatable bonds is 5. The van der Waals surface area contributed by atoms with Gasteiger partial charge in [0.25, 0.3) is 5.91 Å². The molecule has 0 saturated carbocycles. The molecule has 0 fully saturated rings. The Morgan fingerprint density at radius 3 is 2.70 bits per heavy atom. The maximum atomic E-state index is 11.8. The summed E-state index contributed by atoms with van der Waals surface area (Å²) in [5, 5.41) is 25.1. The van der Waals surface area contributed by atoms with Gasteiger partial charge in [-0.3, -0.25) is 4.79 Å². The lowest BCUT2D eigenvalue weighted by molar-refractivity contribution is 0.0942. The van der Waals surface area contributed by atoms with Crippen LogP contribution in [0.3, 0.4) is 0 Å². The van der Waals surface area contributed by atoms with E-state index < -0.39 is 6.10 Å². The molecular formula is C15H14N2O2S. The SMILES string of the molecule is N#Cc1ccc(C(=O)NCC[C@H](O)c2ccsc2)cc1. The highest BCUT2D eigenvalue weighted by molar-refractivity contribution is 7.07. The first-order valence-corrected chi connectivity index (χ1v) is 7.13. The van der Waals surface area contributed by atoms with Gasteiger partial charge in [0.15, 0.2) is 0 Å². The van der Waals surface area contributed by atoms with Crippen molar-refractivity contribution in [3.8, 4) is 6.07 Å². The predicted molar refractivity (Wildman–Crippen MR) is 77.4 cm³/mol. The van der Waals surface area contributed by atoms with Crippen LogP contribution in [0.4, 0.5) is 0 Å². The second kappa shape index (κ2) is 6.85. The van der Waals surface area contributed by atoms with Gasteiger partial charge in [0, 0.05) is 12.1 Å². The van der Waals surface area contributed by atoms with Gasteiger partial charge in [-0.1, -0.05) is 0 Å². The molecule has 0 aliphatic carbocycles. The van der Waals surface area contributed by atoms with Crippen molar-refractivity contribution < 1.29 is 9.90 Å². The van der Waals surface area contributed by atoms with Crippen LogP contribution < -0.4 is 5.32 Å². The first-order valence-electron chi connectivity index (χ1n) is 6.19. The van der Waals surface area contributed by atoms with E-state index in [1.54, 1.807) is 24.3 Å². The van der Waals surface area contributed by atoms with Crippen LogP contribution in [0.25, 0.3) is 0 Å². The van der Waals surface area contributed by atoms with Crippen LogP contribution in [0.5, 0.6) is 0 Å². The molecule has 1 aromatic heterocycles. The zero-order chi connectivity index (χ0) is 14.4. The molecule has 0 saturated heterocycles.